The van der Waals surface area contributed by atoms with Crippen LogP contribution in [0.4, 0.5) is 4.39 Å². The minimum Gasteiger partial charge on any atom is -0.481 e. The molecule has 1 aliphatic heterocycles. The van der Waals surface area contributed by atoms with Crippen molar-refractivity contribution >= 4 is 16.0 Å². The van der Waals surface area contributed by atoms with Crippen molar-refractivity contribution in [2.45, 2.75) is 17.7 Å². The van der Waals surface area contributed by atoms with Crippen LogP contribution in [0.1, 0.15) is 18.4 Å². The summed E-state index contributed by atoms with van der Waals surface area (Å²) in [5.41, 5.74) is -0.240. The molecule has 1 saturated heterocycles. The average molecular weight is 312 g/mol. The molecule has 1 aromatic carbocycles. The molecule has 2 rings (SSSR count). The van der Waals surface area contributed by atoms with E-state index in [4.69, 9.17) is 10.4 Å². The van der Waals surface area contributed by atoms with Gasteiger partial charge in [0.1, 0.15) is 11.9 Å². The quantitative estimate of drug-likeness (QED) is 0.903. The van der Waals surface area contributed by atoms with E-state index in [9.17, 15) is 17.6 Å². The largest absolute Gasteiger partial charge is 0.481 e. The highest BCUT2D eigenvalue weighted by Gasteiger charge is 2.33. The molecular formula is C13H13FN2O4S. The fraction of sp³-hybridized carbons (Fsp3) is 0.385. The second-order valence-electron chi connectivity index (χ2n) is 4.79. The van der Waals surface area contributed by atoms with E-state index in [0.717, 1.165) is 22.5 Å². The van der Waals surface area contributed by atoms with Crippen molar-refractivity contribution in [3.05, 3.63) is 29.6 Å². The molecule has 1 atom stereocenters. The number of hydrogen-bond donors (Lipinski definition) is 1. The Bertz CT molecular complexity index is 711. The van der Waals surface area contributed by atoms with Crippen LogP contribution >= 0.6 is 0 Å². The number of sulfonamides is 1. The minimum atomic E-state index is -3.96. The van der Waals surface area contributed by atoms with Crippen LogP contribution in [0.5, 0.6) is 0 Å². The van der Waals surface area contributed by atoms with Crippen LogP contribution in [0, 0.1) is 23.1 Å². The SMILES string of the molecule is N#Cc1ccc(S(=O)(=O)N2CCCC(C(=O)O)C2)cc1F. The molecule has 0 amide bonds. The van der Waals surface area contributed by atoms with Gasteiger partial charge < -0.3 is 5.11 Å². The maximum atomic E-state index is 13.6. The lowest BCUT2D eigenvalue weighted by Crippen LogP contribution is -2.42. The third kappa shape index (κ3) is 3.04. The number of halogens is 1. The van der Waals surface area contributed by atoms with Crippen molar-refractivity contribution in [1.82, 2.24) is 4.31 Å². The summed E-state index contributed by atoms with van der Waals surface area (Å²) in [5.74, 6) is -2.71. The second-order valence-corrected chi connectivity index (χ2v) is 6.73. The van der Waals surface area contributed by atoms with Crippen LogP contribution in [-0.4, -0.2) is 36.9 Å². The van der Waals surface area contributed by atoms with Crippen LogP contribution in [0.15, 0.2) is 23.1 Å². The van der Waals surface area contributed by atoms with Gasteiger partial charge in [0.2, 0.25) is 10.0 Å². The van der Waals surface area contributed by atoms with Gasteiger partial charge in [-0.2, -0.15) is 9.57 Å². The summed E-state index contributed by atoms with van der Waals surface area (Å²) in [4.78, 5) is 10.7. The highest BCUT2D eigenvalue weighted by Crippen LogP contribution is 2.25. The first kappa shape index (κ1) is 15.4. The van der Waals surface area contributed by atoms with Crippen LogP contribution in [0.2, 0.25) is 0 Å². The van der Waals surface area contributed by atoms with E-state index < -0.39 is 27.7 Å². The zero-order valence-electron chi connectivity index (χ0n) is 11.0. The number of aliphatic carboxylic acids is 1. The Hall–Kier alpha value is -1.98. The Morgan fingerprint density at radius 3 is 2.76 bits per heavy atom. The second kappa shape index (κ2) is 5.79. The summed E-state index contributed by atoms with van der Waals surface area (Å²) in [6, 6.07) is 4.66. The first-order valence-corrected chi connectivity index (χ1v) is 7.73. The lowest BCUT2D eigenvalue weighted by atomic mass is 10.0. The van der Waals surface area contributed by atoms with Gasteiger partial charge >= 0.3 is 5.97 Å². The van der Waals surface area contributed by atoms with E-state index in [1.54, 1.807) is 6.07 Å². The predicted molar refractivity (Wildman–Crippen MR) is 70.2 cm³/mol. The van der Waals surface area contributed by atoms with Crippen LogP contribution in [0.3, 0.4) is 0 Å². The number of nitrogens with zero attached hydrogens (tertiary/aromatic N) is 2. The topological polar surface area (TPSA) is 98.5 Å². The molecule has 0 aromatic heterocycles. The summed E-state index contributed by atoms with van der Waals surface area (Å²) in [6.45, 7) is 0.0764. The van der Waals surface area contributed by atoms with Crippen molar-refractivity contribution in [1.29, 1.82) is 5.26 Å². The maximum absolute atomic E-state index is 13.6. The van der Waals surface area contributed by atoms with Gasteiger partial charge in [-0.25, -0.2) is 12.8 Å². The summed E-state index contributed by atoms with van der Waals surface area (Å²) >= 11 is 0. The summed E-state index contributed by atoms with van der Waals surface area (Å²) < 4.78 is 39.4. The summed E-state index contributed by atoms with van der Waals surface area (Å²) in [7, 11) is -3.96. The normalized spacial score (nSPS) is 19.9. The summed E-state index contributed by atoms with van der Waals surface area (Å²) in [6.07, 6.45) is 0.859. The fourth-order valence-corrected chi connectivity index (χ4v) is 3.79. The van der Waals surface area contributed by atoms with Gasteiger partial charge in [0.05, 0.1) is 16.4 Å². The van der Waals surface area contributed by atoms with Crippen LogP contribution in [-0.2, 0) is 14.8 Å². The third-order valence-corrected chi connectivity index (χ3v) is 5.29. The van der Waals surface area contributed by atoms with Crippen molar-refractivity contribution in [2.75, 3.05) is 13.1 Å². The van der Waals surface area contributed by atoms with E-state index in [1.165, 1.54) is 0 Å². The number of nitriles is 1. The van der Waals surface area contributed by atoms with Crippen molar-refractivity contribution in [3.8, 4) is 6.07 Å². The van der Waals surface area contributed by atoms with Crippen molar-refractivity contribution in [2.24, 2.45) is 5.92 Å². The smallest absolute Gasteiger partial charge is 0.307 e. The molecule has 21 heavy (non-hydrogen) atoms. The van der Waals surface area contributed by atoms with Gasteiger partial charge in [0.25, 0.3) is 0 Å². The number of carbonyl (C=O) groups is 1. The standard InChI is InChI=1S/C13H13FN2O4S/c14-12-6-11(4-3-9(12)7-15)21(19,20)16-5-1-2-10(8-16)13(17)18/h3-4,6,10H,1-2,5,8H2,(H,17,18). The number of carboxylic acid groups (broad SMARTS) is 1. The molecule has 0 saturated carbocycles. The average Bonchev–Trinajstić information content (AvgIpc) is 2.47. The third-order valence-electron chi connectivity index (χ3n) is 3.43. The molecule has 0 bridgehead atoms. The van der Waals surface area contributed by atoms with E-state index in [-0.39, 0.29) is 23.5 Å². The van der Waals surface area contributed by atoms with E-state index >= 15 is 0 Å². The molecule has 6 nitrogen and oxygen atoms in total. The lowest BCUT2D eigenvalue weighted by molar-refractivity contribution is -0.142. The van der Waals surface area contributed by atoms with Crippen LogP contribution < -0.4 is 0 Å². The molecule has 1 aromatic rings. The molecule has 1 heterocycles. The molecule has 1 fully saturated rings. The van der Waals surface area contributed by atoms with Gasteiger partial charge in [-0.15, -0.1) is 0 Å². The zero-order chi connectivity index (χ0) is 15.6. The molecule has 0 aliphatic carbocycles. The van der Waals surface area contributed by atoms with E-state index in [1.807, 2.05) is 0 Å². The fourth-order valence-electron chi connectivity index (χ4n) is 2.26. The number of rotatable bonds is 3. The Kier molecular flexibility index (Phi) is 4.25. The molecule has 1 N–H and O–H groups in total. The molecule has 0 radical (unpaired) electrons. The Morgan fingerprint density at radius 1 is 1.48 bits per heavy atom. The number of piperidine rings is 1. The highest BCUT2D eigenvalue weighted by molar-refractivity contribution is 7.89. The predicted octanol–water partition coefficient (Wildman–Crippen LogP) is 1.18. The Balaban J connectivity index is 2.32. The maximum Gasteiger partial charge on any atom is 0.307 e. The molecule has 0 spiro atoms. The molecule has 8 heteroatoms. The number of hydrogen-bond acceptors (Lipinski definition) is 4. The lowest BCUT2D eigenvalue weighted by Gasteiger charge is -2.29. The van der Waals surface area contributed by atoms with E-state index in [0.29, 0.717) is 12.8 Å². The van der Waals surface area contributed by atoms with Gasteiger partial charge in [0, 0.05) is 13.1 Å². The molecular weight excluding hydrogens is 299 g/mol. The van der Waals surface area contributed by atoms with Crippen LogP contribution in [0.25, 0.3) is 0 Å². The summed E-state index contributed by atoms with van der Waals surface area (Å²) in [5, 5.41) is 17.6. The Morgan fingerprint density at radius 2 is 2.19 bits per heavy atom. The molecule has 1 unspecified atom stereocenters. The number of carboxylic acids is 1. The monoisotopic (exact) mass is 312 g/mol. The minimum absolute atomic E-state index is 0.126. The highest BCUT2D eigenvalue weighted by atomic mass is 32.2. The first-order chi connectivity index (χ1) is 9.86. The Labute approximate surface area is 121 Å². The first-order valence-electron chi connectivity index (χ1n) is 6.29. The number of benzene rings is 1. The van der Waals surface area contributed by atoms with Gasteiger partial charge in [-0.1, -0.05) is 0 Å². The van der Waals surface area contributed by atoms with Gasteiger partial charge in [-0.3, -0.25) is 4.79 Å². The molecule has 112 valence electrons. The van der Waals surface area contributed by atoms with Gasteiger partial charge in [-0.05, 0) is 31.0 Å². The zero-order valence-corrected chi connectivity index (χ0v) is 11.8. The van der Waals surface area contributed by atoms with E-state index in [2.05, 4.69) is 0 Å². The van der Waals surface area contributed by atoms with Crippen molar-refractivity contribution in [3.63, 3.8) is 0 Å². The molecule has 1 aliphatic rings. The van der Waals surface area contributed by atoms with Crippen molar-refractivity contribution < 1.29 is 22.7 Å². The van der Waals surface area contributed by atoms with Gasteiger partial charge in [0.15, 0.2) is 0 Å².